The van der Waals surface area contributed by atoms with Crippen LogP contribution in [0.5, 0.6) is 11.5 Å². The third-order valence-electron chi connectivity index (χ3n) is 6.43. The molecule has 1 aliphatic heterocycles. The smallest absolute Gasteiger partial charge is 0.254 e. The van der Waals surface area contributed by atoms with Gasteiger partial charge in [-0.25, -0.2) is 4.68 Å². The van der Waals surface area contributed by atoms with Crippen molar-refractivity contribution in [3.05, 3.63) is 83.7 Å². The van der Waals surface area contributed by atoms with E-state index in [-0.39, 0.29) is 5.91 Å². The molecule has 36 heavy (non-hydrogen) atoms. The predicted octanol–water partition coefficient (Wildman–Crippen LogP) is 3.72. The number of fused-ring (bicyclic) bond motifs is 1. The summed E-state index contributed by atoms with van der Waals surface area (Å²) in [6.07, 6.45) is 2.77. The fourth-order valence-electron chi connectivity index (χ4n) is 4.58. The predicted molar refractivity (Wildman–Crippen MR) is 139 cm³/mol. The number of nitrogens with zero attached hydrogens (tertiary/aromatic N) is 4. The van der Waals surface area contributed by atoms with Crippen LogP contribution in [0.1, 0.15) is 27.3 Å². The van der Waals surface area contributed by atoms with E-state index >= 15 is 0 Å². The molecule has 2 aromatic carbocycles. The van der Waals surface area contributed by atoms with Crippen LogP contribution in [0.2, 0.25) is 0 Å². The molecule has 0 radical (unpaired) electrons. The minimum Gasteiger partial charge on any atom is -0.497 e. The Bertz CT molecular complexity index is 1210. The second-order valence-electron chi connectivity index (χ2n) is 8.68. The molecule has 1 aromatic heterocycles. The lowest BCUT2D eigenvalue weighted by molar-refractivity contribution is 0.0676. The molecule has 8 heteroatoms. The largest absolute Gasteiger partial charge is 0.497 e. The maximum Gasteiger partial charge on any atom is 0.254 e. The number of ether oxygens (including phenoxy) is 3. The quantitative estimate of drug-likeness (QED) is 0.382. The van der Waals surface area contributed by atoms with Gasteiger partial charge in [-0.1, -0.05) is 24.3 Å². The number of methoxy groups -OCH3 is 3. The lowest BCUT2D eigenvalue weighted by Crippen LogP contribution is -2.35. The molecule has 4 rings (SSSR count). The van der Waals surface area contributed by atoms with Crippen LogP contribution in [0.25, 0.3) is 5.69 Å². The summed E-state index contributed by atoms with van der Waals surface area (Å²) in [7, 11) is 4.90. The first-order chi connectivity index (χ1) is 17.6. The maximum atomic E-state index is 13.6. The topological polar surface area (TPSA) is 69.1 Å². The van der Waals surface area contributed by atoms with Crippen LogP contribution in [0.15, 0.2) is 61.2 Å². The molecular formula is C28H34N4O4. The molecule has 0 atom stereocenters. The number of rotatable bonds is 11. The third kappa shape index (κ3) is 5.45. The molecule has 1 aliphatic rings. The Morgan fingerprint density at radius 2 is 1.97 bits per heavy atom. The van der Waals surface area contributed by atoms with Crippen molar-refractivity contribution in [1.82, 2.24) is 19.6 Å². The fourth-order valence-corrected chi connectivity index (χ4v) is 4.58. The van der Waals surface area contributed by atoms with E-state index in [4.69, 9.17) is 19.3 Å². The molecule has 0 bridgehead atoms. The van der Waals surface area contributed by atoms with Gasteiger partial charge in [0, 0.05) is 50.8 Å². The summed E-state index contributed by atoms with van der Waals surface area (Å²) in [4.78, 5) is 17.7. The first kappa shape index (κ1) is 25.5. The van der Waals surface area contributed by atoms with E-state index in [2.05, 4.69) is 11.5 Å². The summed E-state index contributed by atoms with van der Waals surface area (Å²) in [6, 6.07) is 15.1. The van der Waals surface area contributed by atoms with E-state index in [1.165, 1.54) is 0 Å². The van der Waals surface area contributed by atoms with Gasteiger partial charge in [-0.05, 0) is 30.3 Å². The average molecular weight is 491 g/mol. The Kier molecular flexibility index (Phi) is 8.40. The molecular weight excluding hydrogens is 456 g/mol. The number of carbonyl (C=O) groups is 1. The number of hydrogen-bond donors (Lipinski definition) is 0. The number of aromatic nitrogens is 2. The normalized spacial score (nSPS) is 13.2. The zero-order chi connectivity index (χ0) is 25.5. The molecule has 0 saturated heterocycles. The van der Waals surface area contributed by atoms with Crippen LogP contribution in [0, 0.1) is 0 Å². The van der Waals surface area contributed by atoms with E-state index < -0.39 is 0 Å². The van der Waals surface area contributed by atoms with Crippen LogP contribution >= 0.6 is 0 Å². The van der Waals surface area contributed by atoms with Crippen molar-refractivity contribution in [1.29, 1.82) is 0 Å². The van der Waals surface area contributed by atoms with E-state index in [1.807, 2.05) is 47.2 Å². The Morgan fingerprint density at radius 1 is 1.14 bits per heavy atom. The summed E-state index contributed by atoms with van der Waals surface area (Å²) in [5.74, 6) is 1.31. The van der Waals surface area contributed by atoms with Crippen molar-refractivity contribution in [2.45, 2.75) is 19.5 Å². The fraction of sp³-hybridized carbons (Fsp3) is 0.357. The maximum absolute atomic E-state index is 13.6. The summed E-state index contributed by atoms with van der Waals surface area (Å²) < 4.78 is 18.3. The second kappa shape index (κ2) is 11.9. The Morgan fingerprint density at radius 3 is 2.72 bits per heavy atom. The molecule has 3 aromatic rings. The van der Waals surface area contributed by atoms with Crippen LogP contribution in [0.3, 0.4) is 0 Å². The molecule has 0 saturated carbocycles. The summed E-state index contributed by atoms with van der Waals surface area (Å²) >= 11 is 0. The highest BCUT2D eigenvalue weighted by Crippen LogP contribution is 2.30. The average Bonchev–Trinajstić information content (AvgIpc) is 3.28. The molecule has 0 N–H and O–H groups in total. The lowest BCUT2D eigenvalue weighted by Gasteiger charge is -2.27. The number of benzene rings is 2. The van der Waals surface area contributed by atoms with Gasteiger partial charge in [0.2, 0.25) is 0 Å². The van der Waals surface area contributed by atoms with Gasteiger partial charge in [0.1, 0.15) is 17.2 Å². The molecule has 8 nitrogen and oxygen atoms in total. The minimum absolute atomic E-state index is 0.0923. The molecule has 190 valence electrons. The second-order valence-corrected chi connectivity index (χ2v) is 8.68. The molecule has 0 fully saturated rings. The first-order valence-electron chi connectivity index (χ1n) is 12.1. The summed E-state index contributed by atoms with van der Waals surface area (Å²) in [5.41, 5.74) is 4.63. The van der Waals surface area contributed by atoms with Gasteiger partial charge in [-0.15, -0.1) is 6.58 Å². The molecule has 0 spiro atoms. The minimum atomic E-state index is -0.0923. The van der Waals surface area contributed by atoms with Crippen molar-refractivity contribution >= 4 is 5.91 Å². The van der Waals surface area contributed by atoms with E-state index in [1.54, 1.807) is 38.4 Å². The number of para-hydroxylation sites is 2. The molecule has 2 heterocycles. The third-order valence-corrected chi connectivity index (χ3v) is 6.43. The Balaban J connectivity index is 1.74. The molecule has 0 aliphatic carbocycles. The highest BCUT2D eigenvalue weighted by atomic mass is 16.5. The van der Waals surface area contributed by atoms with Crippen molar-refractivity contribution in [2.24, 2.45) is 0 Å². The Labute approximate surface area is 212 Å². The molecule has 1 amide bonds. The Hall–Kier alpha value is -3.62. The van der Waals surface area contributed by atoms with Gasteiger partial charge in [0.15, 0.2) is 0 Å². The van der Waals surface area contributed by atoms with Crippen molar-refractivity contribution < 1.29 is 19.0 Å². The van der Waals surface area contributed by atoms with Gasteiger partial charge in [-0.2, -0.15) is 5.10 Å². The standard InChI is InChI=1S/C28H34N4O4/c1-5-14-30-15-13-25-23(19-30)24(29-32(25)26-11-6-7-12-27(26)36-4)20-31(16-17-34-2)28(33)21-9-8-10-22(18-21)35-3/h5-12,18H,1,13-17,19-20H2,2-4H3. The number of amides is 1. The summed E-state index contributed by atoms with van der Waals surface area (Å²) in [6.45, 7) is 7.60. The number of hydrogen-bond acceptors (Lipinski definition) is 6. The van der Waals surface area contributed by atoms with Crippen LogP contribution in [0.4, 0.5) is 0 Å². The zero-order valence-corrected chi connectivity index (χ0v) is 21.3. The number of carbonyl (C=O) groups excluding carboxylic acids is 1. The van der Waals surface area contributed by atoms with E-state index in [0.717, 1.165) is 54.4 Å². The highest BCUT2D eigenvalue weighted by molar-refractivity contribution is 5.94. The van der Waals surface area contributed by atoms with Crippen LogP contribution in [-0.2, 0) is 24.2 Å². The SMILES string of the molecule is C=CCN1CCc2c(c(CN(CCOC)C(=O)c3cccc(OC)c3)nn2-c2ccccc2OC)C1. The molecule has 0 unspecified atom stereocenters. The van der Waals surface area contributed by atoms with Gasteiger partial charge in [0.05, 0.1) is 38.8 Å². The van der Waals surface area contributed by atoms with Gasteiger partial charge in [-0.3, -0.25) is 9.69 Å². The first-order valence-corrected chi connectivity index (χ1v) is 12.1. The highest BCUT2D eigenvalue weighted by Gasteiger charge is 2.28. The van der Waals surface area contributed by atoms with E-state index in [0.29, 0.717) is 31.0 Å². The van der Waals surface area contributed by atoms with Crippen LogP contribution < -0.4 is 9.47 Å². The van der Waals surface area contributed by atoms with Crippen molar-refractivity contribution in [3.63, 3.8) is 0 Å². The van der Waals surface area contributed by atoms with E-state index in [9.17, 15) is 4.79 Å². The zero-order valence-electron chi connectivity index (χ0n) is 21.3. The monoisotopic (exact) mass is 490 g/mol. The van der Waals surface area contributed by atoms with Gasteiger partial charge >= 0.3 is 0 Å². The lowest BCUT2D eigenvalue weighted by atomic mass is 10.0. The van der Waals surface area contributed by atoms with Crippen LogP contribution in [-0.4, -0.2) is 73.1 Å². The van der Waals surface area contributed by atoms with Gasteiger partial charge in [0.25, 0.3) is 5.91 Å². The van der Waals surface area contributed by atoms with Gasteiger partial charge < -0.3 is 19.1 Å². The van der Waals surface area contributed by atoms with Crippen molar-refractivity contribution in [3.8, 4) is 17.2 Å². The summed E-state index contributed by atoms with van der Waals surface area (Å²) in [5, 5.41) is 5.05. The van der Waals surface area contributed by atoms with Crippen molar-refractivity contribution in [2.75, 3.05) is 47.6 Å².